The minimum Gasteiger partial charge on any atom is -0.397 e. The van der Waals surface area contributed by atoms with Crippen LogP contribution in [-0.2, 0) is 6.54 Å². The Bertz CT molecular complexity index is 661. The van der Waals surface area contributed by atoms with Crippen LogP contribution in [0.15, 0.2) is 34.9 Å². The molecular weight excluding hydrogens is 325 g/mol. The summed E-state index contributed by atoms with van der Waals surface area (Å²) in [5.74, 6) is -0.697. The Labute approximate surface area is 124 Å². The Hall–Kier alpha value is -1.95. The molecule has 4 nitrogen and oxygen atoms in total. The predicted molar refractivity (Wildman–Crippen MR) is 78.7 cm³/mol. The first-order valence-electron chi connectivity index (χ1n) is 5.91. The van der Waals surface area contributed by atoms with Gasteiger partial charge < -0.3 is 11.1 Å². The lowest BCUT2D eigenvalue weighted by molar-refractivity contribution is 0.0949. The lowest BCUT2D eigenvalue weighted by Crippen LogP contribution is -2.24. The van der Waals surface area contributed by atoms with Crippen molar-refractivity contribution < 1.29 is 9.18 Å². The van der Waals surface area contributed by atoms with Gasteiger partial charge >= 0.3 is 0 Å². The summed E-state index contributed by atoms with van der Waals surface area (Å²) in [5, 5.41) is 2.66. The van der Waals surface area contributed by atoms with Gasteiger partial charge in [-0.15, -0.1) is 0 Å². The first-order chi connectivity index (χ1) is 9.47. The molecule has 0 radical (unpaired) electrons. The van der Waals surface area contributed by atoms with Crippen LogP contribution in [0.25, 0.3) is 0 Å². The van der Waals surface area contributed by atoms with E-state index in [0.29, 0.717) is 22.5 Å². The zero-order chi connectivity index (χ0) is 14.7. The number of nitrogens with one attached hydrogen (secondary N) is 1. The number of benzene rings is 1. The molecule has 3 N–H and O–H groups in total. The number of aryl methyl sites for hydroxylation is 1. The first kappa shape index (κ1) is 14.5. The summed E-state index contributed by atoms with van der Waals surface area (Å²) in [7, 11) is 0. The van der Waals surface area contributed by atoms with Crippen molar-refractivity contribution in [1.29, 1.82) is 0 Å². The molecule has 0 aliphatic carbocycles. The van der Waals surface area contributed by atoms with Gasteiger partial charge in [-0.05, 0) is 31.2 Å². The number of hydrogen-bond donors (Lipinski definition) is 2. The normalized spacial score (nSPS) is 10.3. The van der Waals surface area contributed by atoms with Crippen molar-refractivity contribution in [3.8, 4) is 0 Å². The summed E-state index contributed by atoms with van der Waals surface area (Å²) in [6.45, 7) is 1.81. The maximum absolute atomic E-state index is 13.6. The molecule has 0 saturated heterocycles. The number of hydrogen-bond acceptors (Lipinski definition) is 3. The molecule has 2 aromatic rings. The van der Waals surface area contributed by atoms with E-state index in [1.807, 2.05) is 0 Å². The van der Waals surface area contributed by atoms with Crippen molar-refractivity contribution in [3.05, 3.63) is 57.6 Å². The molecular formula is C14H13BrFN3O. The van der Waals surface area contributed by atoms with Gasteiger partial charge in [0.2, 0.25) is 0 Å². The number of halogens is 2. The largest absolute Gasteiger partial charge is 0.397 e. The lowest BCUT2D eigenvalue weighted by Gasteiger charge is -2.09. The zero-order valence-corrected chi connectivity index (χ0v) is 12.4. The van der Waals surface area contributed by atoms with Gasteiger partial charge in [-0.1, -0.05) is 15.9 Å². The highest BCUT2D eigenvalue weighted by Crippen LogP contribution is 2.16. The van der Waals surface area contributed by atoms with Crippen molar-refractivity contribution in [2.45, 2.75) is 13.5 Å². The lowest BCUT2D eigenvalue weighted by atomic mass is 10.1. The summed E-state index contributed by atoms with van der Waals surface area (Å²) < 4.78 is 14.3. The van der Waals surface area contributed by atoms with Gasteiger partial charge in [0.15, 0.2) is 0 Å². The second kappa shape index (κ2) is 6.00. The molecule has 6 heteroatoms. The number of nitrogen functional groups attached to an aromatic ring is 1. The van der Waals surface area contributed by atoms with Crippen LogP contribution in [-0.4, -0.2) is 10.9 Å². The fraction of sp³-hybridized carbons (Fsp3) is 0.143. The SMILES string of the molecule is Cc1ncc(N)cc1C(=O)NCc1cc(Br)ccc1F. The summed E-state index contributed by atoms with van der Waals surface area (Å²) in [6.07, 6.45) is 1.49. The van der Waals surface area contributed by atoms with Crippen molar-refractivity contribution >= 4 is 27.5 Å². The summed E-state index contributed by atoms with van der Waals surface area (Å²) in [5.41, 5.74) is 7.39. The highest BCUT2D eigenvalue weighted by Gasteiger charge is 2.11. The van der Waals surface area contributed by atoms with E-state index in [-0.39, 0.29) is 18.3 Å². The van der Waals surface area contributed by atoms with Crippen LogP contribution in [0.2, 0.25) is 0 Å². The van der Waals surface area contributed by atoms with Gasteiger partial charge in [0.05, 0.1) is 23.1 Å². The zero-order valence-electron chi connectivity index (χ0n) is 10.8. The average molecular weight is 338 g/mol. The Morgan fingerprint density at radius 3 is 2.95 bits per heavy atom. The van der Waals surface area contributed by atoms with Gasteiger partial charge in [-0.25, -0.2) is 4.39 Å². The highest BCUT2D eigenvalue weighted by atomic mass is 79.9. The number of nitrogens with zero attached hydrogens (tertiary/aromatic N) is 1. The third kappa shape index (κ3) is 3.33. The summed E-state index contributed by atoms with van der Waals surface area (Å²) >= 11 is 3.26. The molecule has 0 unspecified atom stereocenters. The Balaban J connectivity index is 2.12. The van der Waals surface area contributed by atoms with Crippen LogP contribution in [0.4, 0.5) is 10.1 Å². The summed E-state index contributed by atoms with van der Waals surface area (Å²) in [6, 6.07) is 6.13. The maximum Gasteiger partial charge on any atom is 0.253 e. The van der Waals surface area contributed by atoms with Crippen molar-refractivity contribution in [1.82, 2.24) is 10.3 Å². The number of pyridine rings is 1. The second-order valence-corrected chi connectivity index (χ2v) is 5.24. The van der Waals surface area contributed by atoms with Crippen LogP contribution in [0.1, 0.15) is 21.6 Å². The third-order valence-electron chi connectivity index (χ3n) is 2.80. The number of aromatic nitrogens is 1. The Kier molecular flexibility index (Phi) is 4.34. The van der Waals surface area contributed by atoms with Crippen LogP contribution >= 0.6 is 15.9 Å². The highest BCUT2D eigenvalue weighted by molar-refractivity contribution is 9.10. The monoisotopic (exact) mass is 337 g/mol. The maximum atomic E-state index is 13.6. The number of anilines is 1. The fourth-order valence-corrected chi connectivity index (χ4v) is 2.14. The molecule has 1 amide bonds. The number of carbonyl (C=O) groups excluding carboxylic acids is 1. The van der Waals surface area contributed by atoms with Gasteiger partial charge in [0, 0.05) is 16.6 Å². The van der Waals surface area contributed by atoms with E-state index in [4.69, 9.17) is 5.73 Å². The van der Waals surface area contributed by atoms with Crippen LogP contribution in [0.5, 0.6) is 0 Å². The quantitative estimate of drug-likeness (QED) is 0.904. The van der Waals surface area contributed by atoms with Crippen LogP contribution < -0.4 is 11.1 Å². The predicted octanol–water partition coefficient (Wildman–Crippen LogP) is 2.80. The standard InChI is InChI=1S/C14H13BrFN3O/c1-8-12(5-11(17)7-18-8)14(20)19-6-9-4-10(15)2-3-13(9)16/h2-5,7H,6,17H2,1H3,(H,19,20). The molecule has 104 valence electrons. The number of rotatable bonds is 3. The Morgan fingerprint density at radius 2 is 2.20 bits per heavy atom. The van der Waals surface area contributed by atoms with E-state index in [1.54, 1.807) is 25.1 Å². The van der Waals surface area contributed by atoms with Gasteiger partial charge in [-0.3, -0.25) is 9.78 Å². The molecule has 0 saturated carbocycles. The number of amides is 1. The molecule has 0 fully saturated rings. The van der Waals surface area contributed by atoms with Gasteiger partial charge in [-0.2, -0.15) is 0 Å². The van der Waals surface area contributed by atoms with E-state index >= 15 is 0 Å². The van der Waals surface area contributed by atoms with Crippen molar-refractivity contribution in [2.24, 2.45) is 0 Å². The number of nitrogens with two attached hydrogens (primary N) is 1. The summed E-state index contributed by atoms with van der Waals surface area (Å²) in [4.78, 5) is 16.1. The van der Waals surface area contributed by atoms with Crippen LogP contribution in [0.3, 0.4) is 0 Å². The number of carbonyl (C=O) groups is 1. The average Bonchev–Trinajstić information content (AvgIpc) is 2.42. The minimum atomic E-state index is -0.365. The van der Waals surface area contributed by atoms with E-state index in [9.17, 15) is 9.18 Å². The van der Waals surface area contributed by atoms with Crippen molar-refractivity contribution in [2.75, 3.05) is 5.73 Å². The van der Waals surface area contributed by atoms with E-state index in [2.05, 4.69) is 26.2 Å². The van der Waals surface area contributed by atoms with Gasteiger partial charge in [0.1, 0.15) is 5.82 Å². The minimum absolute atomic E-state index is 0.0956. The van der Waals surface area contributed by atoms with E-state index in [0.717, 1.165) is 4.47 Å². The fourth-order valence-electron chi connectivity index (χ4n) is 1.73. The molecule has 20 heavy (non-hydrogen) atoms. The molecule has 1 aromatic carbocycles. The molecule has 1 aromatic heterocycles. The van der Waals surface area contributed by atoms with Crippen molar-refractivity contribution in [3.63, 3.8) is 0 Å². The molecule has 2 rings (SSSR count). The molecule has 0 aliphatic rings. The molecule has 0 bridgehead atoms. The smallest absolute Gasteiger partial charge is 0.253 e. The molecule has 0 spiro atoms. The topological polar surface area (TPSA) is 68.0 Å². The molecule has 0 aliphatic heterocycles. The molecule has 0 atom stereocenters. The second-order valence-electron chi connectivity index (χ2n) is 4.32. The molecule has 1 heterocycles. The van der Waals surface area contributed by atoms with Gasteiger partial charge in [0.25, 0.3) is 5.91 Å². The Morgan fingerprint density at radius 1 is 1.45 bits per heavy atom. The van der Waals surface area contributed by atoms with E-state index < -0.39 is 0 Å². The van der Waals surface area contributed by atoms with E-state index in [1.165, 1.54) is 12.3 Å². The van der Waals surface area contributed by atoms with Crippen LogP contribution in [0, 0.1) is 12.7 Å². The third-order valence-corrected chi connectivity index (χ3v) is 3.29. The first-order valence-corrected chi connectivity index (χ1v) is 6.71.